The number of aromatic hydroxyl groups is 3. The summed E-state index contributed by atoms with van der Waals surface area (Å²) >= 11 is 2.07. The molecule has 0 spiro atoms. The molecule has 9 aliphatic rings. The van der Waals surface area contributed by atoms with E-state index in [2.05, 4.69) is 22.6 Å². The summed E-state index contributed by atoms with van der Waals surface area (Å²) in [6.07, 6.45) is -0.386. The molecule has 20 N–H and O–H groups in total. The lowest BCUT2D eigenvalue weighted by molar-refractivity contribution is -0.184. The van der Waals surface area contributed by atoms with Crippen molar-refractivity contribution in [1.82, 2.24) is 14.7 Å². The van der Waals surface area contributed by atoms with Crippen LogP contribution >= 0.6 is 22.6 Å². The normalized spacial score (nSPS) is 28.2. The summed E-state index contributed by atoms with van der Waals surface area (Å²) in [5, 5.41) is 148. The van der Waals surface area contributed by atoms with Gasteiger partial charge in [-0.25, -0.2) is 0 Å². The van der Waals surface area contributed by atoms with Gasteiger partial charge in [-0.3, -0.25) is 53.0 Å². The average Bonchev–Trinajstić information content (AvgIpc) is 0.711. The van der Waals surface area contributed by atoms with E-state index in [9.17, 15) is 104 Å². The van der Waals surface area contributed by atoms with E-state index in [0.29, 0.717) is 35.0 Å². The van der Waals surface area contributed by atoms with E-state index < -0.39 is 182 Å². The number of ketones is 6. The van der Waals surface area contributed by atoms with Gasteiger partial charge in [-0.15, -0.1) is 0 Å². The average molecular weight is 1630 g/mol. The van der Waals surface area contributed by atoms with Crippen LogP contribution in [0.5, 0.6) is 17.2 Å². The first-order chi connectivity index (χ1) is 51.7. The van der Waals surface area contributed by atoms with Crippen LogP contribution in [0.4, 0.5) is 0 Å². The van der Waals surface area contributed by atoms with Crippen LogP contribution in [0.1, 0.15) is 81.8 Å². The van der Waals surface area contributed by atoms with Crippen LogP contribution in [0.3, 0.4) is 0 Å². The zero-order valence-electron chi connectivity index (χ0n) is 62.9. The lowest BCUT2D eigenvalue weighted by Crippen LogP contribution is -2.73. The third kappa shape index (κ3) is 13.7. The number of halogens is 1. The number of phenolic OH excluding ortho intramolecular Hbond substituents is 3. The molecule has 0 aliphatic heterocycles. The number of nitrogens with two attached hydrogens (primary N) is 3. The second-order valence-electron chi connectivity index (χ2n) is 28.6. The number of rotatable bonds is 8. The highest BCUT2D eigenvalue weighted by Gasteiger charge is 2.69. The molecule has 29 nitrogen and oxygen atoms in total. The number of aliphatic hydroxyl groups is 9. The number of carbonyl (C=O) groups is 9. The third-order valence-electron chi connectivity index (χ3n) is 22.2. The number of aliphatic hydroxyl groups excluding tert-OH is 6. The number of amides is 3. The van der Waals surface area contributed by atoms with Gasteiger partial charge in [0.15, 0.2) is 34.2 Å². The molecule has 4 fully saturated rings. The highest BCUT2D eigenvalue weighted by molar-refractivity contribution is 14.1. The van der Waals surface area contributed by atoms with E-state index in [1.165, 1.54) is 28.0 Å². The van der Waals surface area contributed by atoms with Crippen LogP contribution in [-0.4, -0.2) is 229 Å². The maximum absolute atomic E-state index is 13.8. The smallest absolute Gasteiger partial charge is 0.508 e. The third-order valence-corrected chi connectivity index (χ3v) is 23.2. The molecule has 14 atom stereocenters. The predicted molar refractivity (Wildman–Crippen MR) is 411 cm³/mol. The fourth-order valence-corrected chi connectivity index (χ4v) is 18.2. The number of likely N-dealkylation sites (N-methyl/N-ethyl adjacent to an activating group) is 3. The highest BCUT2D eigenvalue weighted by atomic mass is 127. The molecular weight excluding hydrogens is 1540 g/mol. The van der Waals surface area contributed by atoms with Gasteiger partial charge in [-0.2, -0.15) is 0 Å². The standard InChI is InChI=1S/C27H26N2O7.C21H21IN2O7.C21H24N2O7.C6H7BO2.2C2H6/c1-29(2)21-16-11-13-10-15-14(12-6-4-3-5-7-12)8-9-17(30)19(15)22(31)18(13)24(33)27(16,36)25(34)20(23(21)32)26(28)35;1-24(2)15-9-6-7-5-8-10(22)3-4-11(25)13(8)16(26)12(7)18(28)21(9,31)19(29)14(17(15)27)20(23)30;1-23(2)15-10-7-9-6-8-4-3-5-11(24)12(8)16(25)13(9)18(27)21(10,30)19(28)14(17(15)26)20(22)29;8-7(9)6-4-2-1-3-5-6;2*1-2/h3-9,13,16,21,30-31,34,36H,10-11H2,1-2H3,(H2,28,35);3-4,7,9,15,25-26,29,31H,5-6H2,1-2H3,(H2,23,30);3-5,9-10,14-15,17,24-26,30H,6-7H2,1-2H3,(H2,22,29);1-5,8-9H;2*1-2H3/p+1/t13?,16?,21-,27-;7?,9?,15-,21-;9?,10?,14?,15-,17?,21-;;;/m000.../s1. The van der Waals surface area contributed by atoms with Crippen molar-refractivity contribution >= 4 is 105 Å². The van der Waals surface area contributed by atoms with Gasteiger partial charge in [-0.05, 0) is 179 Å². The van der Waals surface area contributed by atoms with Crippen molar-refractivity contribution < 1.29 is 116 Å². The van der Waals surface area contributed by atoms with Crippen molar-refractivity contribution in [3.05, 3.63) is 179 Å². The zero-order valence-corrected chi connectivity index (χ0v) is 64.0. The van der Waals surface area contributed by atoms with Gasteiger partial charge in [0.2, 0.25) is 23.3 Å². The molecular formula is C79H91BIN6O23+. The molecule has 584 valence electrons. The predicted octanol–water partition coefficient (Wildman–Crippen LogP) is 2.86. The first-order valence-corrected chi connectivity index (χ1v) is 36.6. The number of nitrogens with zero attached hydrogens (tertiary/aromatic N) is 3. The topological polar surface area (TPSA) is 525 Å². The molecule has 31 heteroatoms. The van der Waals surface area contributed by atoms with E-state index in [-0.39, 0.29) is 77.8 Å². The van der Waals surface area contributed by atoms with E-state index >= 15 is 0 Å². The number of benzene rings is 5. The van der Waals surface area contributed by atoms with Gasteiger partial charge in [0.1, 0.15) is 63.1 Å². The largest absolute Gasteiger partial charge is 1.00 e. The SMILES string of the molecule is CC.CC.CN(C)[C@@H]1C(=O)C(C(N)=O)=C(O)[C@@]2(O)C(=O)C3=C(O)c4c(O)ccc(-c5ccccc5)c4CC3CC12.CN(C)[C@@H]1C(=O)C(C(N)=O)=C(O)[C@@]2(O)C(=O)C3=C(O)c4c(O)ccc(I)c4CC3CC12.CN(C)[C@@H]1C(O)C(C(N)=O)C(=O)[C@@]2(O)C(=O)C3=C(O)c4c(O)cccc4CC3CC12.OB(O)c1ccccc1.[H+]. The number of hydrogen-bond donors (Lipinski definition) is 17. The summed E-state index contributed by atoms with van der Waals surface area (Å²) in [6, 6.07) is 25.9. The molecule has 0 radical (unpaired) electrons. The van der Waals surface area contributed by atoms with Crippen molar-refractivity contribution in [1.29, 1.82) is 0 Å². The van der Waals surface area contributed by atoms with Gasteiger partial charge in [0, 0.05) is 44.1 Å². The Morgan fingerprint density at radius 3 is 1.32 bits per heavy atom. The Balaban J connectivity index is 0.000000193. The number of Topliss-reactive ketones (excluding diaryl/α,β-unsaturated/α-hetero) is 6. The number of fused-ring (bicyclic) bond motifs is 9. The number of phenols is 3. The van der Waals surface area contributed by atoms with Crippen molar-refractivity contribution in [2.75, 3.05) is 42.3 Å². The fourth-order valence-electron chi connectivity index (χ4n) is 17.5. The zero-order chi connectivity index (χ0) is 81.9. The van der Waals surface area contributed by atoms with E-state index in [0.717, 1.165) is 14.7 Å². The van der Waals surface area contributed by atoms with Crippen molar-refractivity contribution in [2.24, 2.45) is 58.6 Å². The lowest BCUT2D eigenvalue weighted by Gasteiger charge is -2.53. The Kier molecular flexibility index (Phi) is 24.6. The highest BCUT2D eigenvalue weighted by Crippen LogP contribution is 2.57. The van der Waals surface area contributed by atoms with Crippen LogP contribution in [0, 0.1) is 45.0 Å². The molecule has 14 rings (SSSR count). The van der Waals surface area contributed by atoms with Gasteiger partial charge in [0.25, 0.3) is 11.8 Å². The molecule has 5 aromatic carbocycles. The molecule has 8 unspecified atom stereocenters. The molecule has 0 saturated heterocycles. The summed E-state index contributed by atoms with van der Waals surface area (Å²) in [4.78, 5) is 120. The van der Waals surface area contributed by atoms with E-state index in [1.54, 1.807) is 95.7 Å². The minimum Gasteiger partial charge on any atom is -0.508 e. The van der Waals surface area contributed by atoms with Crippen LogP contribution in [0.2, 0.25) is 0 Å². The first-order valence-electron chi connectivity index (χ1n) is 35.5. The molecule has 0 bridgehead atoms. The van der Waals surface area contributed by atoms with Crippen LogP contribution in [0.25, 0.3) is 28.4 Å². The minimum atomic E-state index is -2.64. The Hall–Kier alpha value is -9.94. The van der Waals surface area contributed by atoms with Crippen molar-refractivity contribution in [3.63, 3.8) is 0 Å². The number of carbonyl (C=O) groups excluding carboxylic acids is 9. The Bertz CT molecular complexity index is 4790. The maximum atomic E-state index is 13.8. The van der Waals surface area contributed by atoms with Crippen molar-refractivity contribution in [3.8, 4) is 28.4 Å². The monoisotopic (exact) mass is 1630 g/mol. The Morgan fingerprint density at radius 1 is 0.491 bits per heavy atom. The Morgan fingerprint density at radius 2 is 0.891 bits per heavy atom. The molecule has 4 saturated carbocycles. The number of hydrogen-bond acceptors (Lipinski definition) is 26. The van der Waals surface area contributed by atoms with Crippen molar-refractivity contribution in [2.45, 2.75) is 107 Å². The molecule has 110 heavy (non-hydrogen) atoms. The summed E-state index contributed by atoms with van der Waals surface area (Å²) in [5.41, 5.74) is 10.3. The summed E-state index contributed by atoms with van der Waals surface area (Å²) in [6.45, 7) is 8.00. The van der Waals surface area contributed by atoms with Gasteiger partial charge >= 0.3 is 8.55 Å². The Labute approximate surface area is 648 Å². The van der Waals surface area contributed by atoms with E-state index in [4.69, 9.17) is 27.2 Å². The first kappa shape index (κ1) is 84.1. The molecule has 3 amide bonds. The molecule has 5 aromatic rings. The second-order valence-corrected chi connectivity index (χ2v) is 29.7. The quantitative estimate of drug-likeness (QED) is 0.0459. The minimum absolute atomic E-state index is 0. The van der Waals surface area contributed by atoms with Crippen LogP contribution < -0.4 is 22.7 Å². The van der Waals surface area contributed by atoms with Crippen LogP contribution in [0.15, 0.2) is 143 Å². The number of primary amides is 3. The maximum Gasteiger partial charge on any atom is 1.00 e. The van der Waals surface area contributed by atoms with Gasteiger partial charge in [0.05, 0.1) is 34.9 Å². The molecule has 0 aromatic heterocycles. The lowest BCUT2D eigenvalue weighted by atomic mass is 9.54. The van der Waals surface area contributed by atoms with Gasteiger partial charge < -0.3 is 93.4 Å². The summed E-state index contributed by atoms with van der Waals surface area (Å²) in [5.74, 6) is -20.3. The fraction of sp³-hybridized carbons (Fsp3) is 0.380. The molecule has 9 aliphatic carbocycles. The summed E-state index contributed by atoms with van der Waals surface area (Å²) < 4.78 is 0.784. The van der Waals surface area contributed by atoms with Gasteiger partial charge in [-0.1, -0.05) is 107 Å². The summed E-state index contributed by atoms with van der Waals surface area (Å²) in [7, 11) is 8.15. The second kappa shape index (κ2) is 32.2. The van der Waals surface area contributed by atoms with E-state index in [1.807, 2.05) is 64.1 Å². The van der Waals surface area contributed by atoms with Crippen LogP contribution in [-0.2, 0) is 62.4 Å². The molecule has 0 heterocycles.